The second kappa shape index (κ2) is 8.50. The van der Waals surface area contributed by atoms with E-state index in [-0.39, 0.29) is 18.6 Å². The molecule has 19 heavy (non-hydrogen) atoms. The average molecular weight is 266 g/mol. The van der Waals surface area contributed by atoms with Crippen LogP contribution in [0.5, 0.6) is 5.75 Å². The van der Waals surface area contributed by atoms with Crippen molar-refractivity contribution in [2.24, 2.45) is 5.73 Å². The fraction of sp³-hybridized carbons (Fsp3) is 0.500. The molecule has 0 bridgehead atoms. The van der Waals surface area contributed by atoms with Crippen LogP contribution in [-0.2, 0) is 9.53 Å². The Hall–Kier alpha value is -1.59. The maximum Gasteiger partial charge on any atom is 0.258 e. The van der Waals surface area contributed by atoms with Gasteiger partial charge in [-0.2, -0.15) is 0 Å². The van der Waals surface area contributed by atoms with Gasteiger partial charge in [0, 0.05) is 19.7 Å². The summed E-state index contributed by atoms with van der Waals surface area (Å²) in [5.74, 6) is 0.500. The van der Waals surface area contributed by atoms with Crippen LogP contribution < -0.4 is 15.8 Å². The number of carbonyl (C=O) groups is 1. The van der Waals surface area contributed by atoms with Gasteiger partial charge < -0.3 is 20.5 Å². The molecule has 0 spiro atoms. The lowest BCUT2D eigenvalue weighted by atomic mass is 10.1. The summed E-state index contributed by atoms with van der Waals surface area (Å²) < 4.78 is 10.2. The molecule has 0 unspecified atom stereocenters. The Morgan fingerprint density at radius 2 is 2.05 bits per heavy atom. The van der Waals surface area contributed by atoms with Crippen molar-refractivity contribution in [3.05, 3.63) is 29.8 Å². The molecule has 5 heteroatoms. The Labute approximate surface area is 114 Å². The molecule has 1 atom stereocenters. The fourth-order valence-electron chi connectivity index (χ4n) is 1.54. The van der Waals surface area contributed by atoms with Crippen LogP contribution in [0.25, 0.3) is 0 Å². The zero-order chi connectivity index (χ0) is 14.1. The Kier molecular flexibility index (Phi) is 6.92. The van der Waals surface area contributed by atoms with Gasteiger partial charge in [-0.25, -0.2) is 0 Å². The molecule has 106 valence electrons. The minimum Gasteiger partial charge on any atom is -0.484 e. The molecule has 1 aromatic rings. The molecule has 5 nitrogen and oxygen atoms in total. The molecule has 0 aromatic heterocycles. The highest BCUT2D eigenvalue weighted by Gasteiger charge is 2.05. The van der Waals surface area contributed by atoms with Crippen LogP contribution in [0, 0.1) is 0 Å². The molecule has 1 aromatic carbocycles. The highest BCUT2D eigenvalue weighted by Crippen LogP contribution is 2.18. The van der Waals surface area contributed by atoms with Crippen molar-refractivity contribution in [2.75, 3.05) is 26.9 Å². The van der Waals surface area contributed by atoms with E-state index in [1.165, 1.54) is 0 Å². The van der Waals surface area contributed by atoms with E-state index in [2.05, 4.69) is 5.32 Å². The number of nitrogens with two attached hydrogens (primary N) is 1. The van der Waals surface area contributed by atoms with E-state index in [0.717, 1.165) is 12.0 Å². The molecule has 0 heterocycles. The summed E-state index contributed by atoms with van der Waals surface area (Å²) in [5, 5.41) is 2.68. The SMILES string of the molecule is CC[C@H](N)c1ccc(OCC(=O)NCCOC)cc1. The van der Waals surface area contributed by atoms with Crippen molar-refractivity contribution in [2.45, 2.75) is 19.4 Å². The lowest BCUT2D eigenvalue weighted by molar-refractivity contribution is -0.123. The summed E-state index contributed by atoms with van der Waals surface area (Å²) in [6.45, 7) is 3.03. The minimum atomic E-state index is -0.161. The zero-order valence-electron chi connectivity index (χ0n) is 11.5. The lowest BCUT2D eigenvalue weighted by Gasteiger charge is -2.11. The second-order valence-electron chi connectivity index (χ2n) is 4.22. The van der Waals surface area contributed by atoms with Gasteiger partial charge in [0.1, 0.15) is 5.75 Å². The van der Waals surface area contributed by atoms with Crippen molar-refractivity contribution in [1.29, 1.82) is 0 Å². The first-order valence-electron chi connectivity index (χ1n) is 6.41. The molecule has 0 aliphatic rings. The maximum absolute atomic E-state index is 11.4. The van der Waals surface area contributed by atoms with Crippen LogP contribution in [0.2, 0.25) is 0 Å². The third kappa shape index (κ3) is 5.72. The van der Waals surface area contributed by atoms with E-state index in [4.69, 9.17) is 15.2 Å². The highest BCUT2D eigenvalue weighted by atomic mass is 16.5. The van der Waals surface area contributed by atoms with E-state index >= 15 is 0 Å². The molecule has 0 fully saturated rings. The Morgan fingerprint density at radius 3 is 2.63 bits per heavy atom. The quantitative estimate of drug-likeness (QED) is 0.694. The molecule has 0 aliphatic heterocycles. The molecular weight excluding hydrogens is 244 g/mol. The van der Waals surface area contributed by atoms with Crippen LogP contribution in [0.3, 0.4) is 0 Å². The number of amides is 1. The fourth-order valence-corrected chi connectivity index (χ4v) is 1.54. The minimum absolute atomic E-state index is 0.00287. The van der Waals surface area contributed by atoms with Gasteiger partial charge in [-0.3, -0.25) is 4.79 Å². The molecule has 0 aliphatic carbocycles. The number of benzene rings is 1. The van der Waals surface area contributed by atoms with Crippen molar-refractivity contribution < 1.29 is 14.3 Å². The van der Waals surface area contributed by atoms with Gasteiger partial charge in [-0.15, -0.1) is 0 Å². The Balaban J connectivity index is 2.35. The van der Waals surface area contributed by atoms with Crippen molar-refractivity contribution in [1.82, 2.24) is 5.32 Å². The van der Waals surface area contributed by atoms with Crippen LogP contribution in [-0.4, -0.2) is 32.8 Å². The summed E-state index contributed by atoms with van der Waals surface area (Å²) in [6.07, 6.45) is 0.891. The first kappa shape index (κ1) is 15.5. The van der Waals surface area contributed by atoms with Gasteiger partial charge >= 0.3 is 0 Å². The molecule has 3 N–H and O–H groups in total. The normalized spacial score (nSPS) is 11.9. The summed E-state index contributed by atoms with van der Waals surface area (Å²) >= 11 is 0. The number of ether oxygens (including phenoxy) is 2. The van der Waals surface area contributed by atoms with Crippen LogP contribution in [0.4, 0.5) is 0 Å². The highest BCUT2D eigenvalue weighted by molar-refractivity contribution is 5.77. The van der Waals surface area contributed by atoms with Gasteiger partial charge in [0.05, 0.1) is 6.61 Å². The monoisotopic (exact) mass is 266 g/mol. The average Bonchev–Trinajstić information content (AvgIpc) is 2.45. The number of nitrogens with one attached hydrogen (secondary N) is 1. The van der Waals surface area contributed by atoms with Crippen molar-refractivity contribution >= 4 is 5.91 Å². The maximum atomic E-state index is 11.4. The predicted molar refractivity (Wildman–Crippen MR) is 74.0 cm³/mol. The number of rotatable bonds is 8. The second-order valence-corrected chi connectivity index (χ2v) is 4.22. The number of methoxy groups -OCH3 is 1. The van der Waals surface area contributed by atoms with Gasteiger partial charge in [0.25, 0.3) is 5.91 Å². The van der Waals surface area contributed by atoms with E-state index in [1.807, 2.05) is 31.2 Å². The number of carbonyl (C=O) groups excluding carboxylic acids is 1. The van der Waals surface area contributed by atoms with E-state index in [1.54, 1.807) is 7.11 Å². The Bertz CT molecular complexity index is 379. The van der Waals surface area contributed by atoms with Gasteiger partial charge in [0.15, 0.2) is 6.61 Å². The number of hydrogen-bond donors (Lipinski definition) is 2. The van der Waals surface area contributed by atoms with Crippen LogP contribution >= 0.6 is 0 Å². The van der Waals surface area contributed by atoms with E-state index in [0.29, 0.717) is 18.9 Å². The van der Waals surface area contributed by atoms with E-state index in [9.17, 15) is 4.79 Å². The third-order valence-electron chi connectivity index (χ3n) is 2.75. The summed E-state index contributed by atoms with van der Waals surface area (Å²) in [4.78, 5) is 11.4. The Morgan fingerprint density at radius 1 is 1.37 bits per heavy atom. The van der Waals surface area contributed by atoms with Gasteiger partial charge in [-0.1, -0.05) is 19.1 Å². The molecule has 0 saturated carbocycles. The topological polar surface area (TPSA) is 73.6 Å². The van der Waals surface area contributed by atoms with Crippen LogP contribution in [0.15, 0.2) is 24.3 Å². The first-order chi connectivity index (χ1) is 9.17. The zero-order valence-corrected chi connectivity index (χ0v) is 11.5. The van der Waals surface area contributed by atoms with Crippen molar-refractivity contribution in [3.63, 3.8) is 0 Å². The van der Waals surface area contributed by atoms with Gasteiger partial charge in [-0.05, 0) is 24.1 Å². The third-order valence-corrected chi connectivity index (χ3v) is 2.75. The van der Waals surface area contributed by atoms with Gasteiger partial charge in [0.2, 0.25) is 0 Å². The smallest absolute Gasteiger partial charge is 0.258 e. The molecule has 0 saturated heterocycles. The lowest BCUT2D eigenvalue weighted by Crippen LogP contribution is -2.31. The molecule has 1 rings (SSSR count). The molecule has 0 radical (unpaired) electrons. The van der Waals surface area contributed by atoms with Crippen molar-refractivity contribution in [3.8, 4) is 5.75 Å². The summed E-state index contributed by atoms with van der Waals surface area (Å²) in [7, 11) is 1.59. The van der Waals surface area contributed by atoms with Crippen LogP contribution in [0.1, 0.15) is 24.9 Å². The first-order valence-corrected chi connectivity index (χ1v) is 6.41. The molecular formula is C14H22N2O3. The summed E-state index contributed by atoms with van der Waals surface area (Å²) in [6, 6.07) is 7.55. The molecule has 1 amide bonds. The summed E-state index contributed by atoms with van der Waals surface area (Å²) in [5.41, 5.74) is 6.99. The van der Waals surface area contributed by atoms with E-state index < -0.39 is 0 Å². The predicted octanol–water partition coefficient (Wildman–Crippen LogP) is 1.24. The largest absolute Gasteiger partial charge is 0.484 e. The standard InChI is InChI=1S/C14H22N2O3/c1-3-13(15)11-4-6-12(7-5-11)19-10-14(17)16-8-9-18-2/h4-7,13H,3,8-10,15H2,1-2H3,(H,16,17)/t13-/m0/s1. The number of hydrogen-bond acceptors (Lipinski definition) is 4.